The average Bonchev–Trinajstić information content (AvgIpc) is 2.83. The van der Waals surface area contributed by atoms with Gasteiger partial charge in [-0.3, -0.25) is 0 Å². The van der Waals surface area contributed by atoms with Gasteiger partial charge in [-0.05, 0) is 13.8 Å². The highest BCUT2D eigenvalue weighted by Crippen LogP contribution is 2.10. The van der Waals surface area contributed by atoms with Crippen LogP contribution in [0.2, 0.25) is 0 Å². The zero-order valence-corrected chi connectivity index (χ0v) is 11.3. The molecule has 0 atom stereocenters. The van der Waals surface area contributed by atoms with Crippen LogP contribution in [0.1, 0.15) is 31.2 Å². The van der Waals surface area contributed by atoms with E-state index in [1.165, 1.54) is 0 Å². The van der Waals surface area contributed by atoms with Crippen molar-refractivity contribution >= 4 is 5.82 Å². The summed E-state index contributed by atoms with van der Waals surface area (Å²) in [6.07, 6.45) is 4.40. The van der Waals surface area contributed by atoms with Gasteiger partial charge in [0.1, 0.15) is 18.2 Å². The fourth-order valence-electron chi connectivity index (χ4n) is 1.88. The number of hydrogen-bond donors (Lipinski definition) is 1. The number of nitrogens with zero attached hydrogens (tertiary/aromatic N) is 4. The summed E-state index contributed by atoms with van der Waals surface area (Å²) in [7, 11) is 0. The standard InChI is InChI=1S/C13H19N5O/c1-3-18-6-5-15-13(18)8-10-7-11(14)17-12(16-10)9-19-4-2/h5-7H,3-4,8-9H2,1-2H3,(H2,14,16,17). The summed E-state index contributed by atoms with van der Waals surface area (Å²) in [6, 6.07) is 1.78. The van der Waals surface area contributed by atoms with Gasteiger partial charge in [-0.1, -0.05) is 0 Å². The molecule has 0 unspecified atom stereocenters. The van der Waals surface area contributed by atoms with Crippen LogP contribution in [0.3, 0.4) is 0 Å². The van der Waals surface area contributed by atoms with Crippen molar-refractivity contribution in [3.8, 4) is 0 Å². The summed E-state index contributed by atoms with van der Waals surface area (Å²) in [4.78, 5) is 12.9. The van der Waals surface area contributed by atoms with Gasteiger partial charge in [0.05, 0.1) is 5.69 Å². The molecular weight excluding hydrogens is 242 g/mol. The summed E-state index contributed by atoms with van der Waals surface area (Å²) < 4.78 is 7.39. The molecule has 0 amide bonds. The van der Waals surface area contributed by atoms with E-state index in [1.54, 1.807) is 12.3 Å². The van der Waals surface area contributed by atoms with Crippen LogP contribution < -0.4 is 5.73 Å². The zero-order valence-electron chi connectivity index (χ0n) is 11.3. The molecule has 102 valence electrons. The number of nitrogen functional groups attached to an aromatic ring is 1. The molecule has 0 bridgehead atoms. The molecule has 0 aliphatic carbocycles. The molecule has 0 aliphatic heterocycles. The van der Waals surface area contributed by atoms with Crippen LogP contribution in [0.25, 0.3) is 0 Å². The van der Waals surface area contributed by atoms with Crippen molar-refractivity contribution in [2.45, 2.75) is 33.4 Å². The van der Waals surface area contributed by atoms with Crippen LogP contribution in [0.4, 0.5) is 5.82 Å². The summed E-state index contributed by atoms with van der Waals surface area (Å²) in [5.41, 5.74) is 6.66. The first kappa shape index (κ1) is 13.5. The smallest absolute Gasteiger partial charge is 0.156 e. The third-order valence-electron chi connectivity index (χ3n) is 2.76. The maximum Gasteiger partial charge on any atom is 0.156 e. The summed E-state index contributed by atoms with van der Waals surface area (Å²) in [6.45, 7) is 5.93. The maximum absolute atomic E-state index is 5.80. The molecule has 0 saturated carbocycles. The van der Waals surface area contributed by atoms with Gasteiger partial charge in [0.15, 0.2) is 5.82 Å². The number of hydrogen-bond acceptors (Lipinski definition) is 5. The number of nitrogens with two attached hydrogens (primary N) is 1. The Balaban J connectivity index is 2.17. The Bertz CT molecular complexity index is 538. The molecule has 2 N–H and O–H groups in total. The van der Waals surface area contributed by atoms with Crippen molar-refractivity contribution in [3.63, 3.8) is 0 Å². The fourth-order valence-corrected chi connectivity index (χ4v) is 1.88. The molecule has 2 aromatic rings. The van der Waals surface area contributed by atoms with E-state index in [4.69, 9.17) is 10.5 Å². The minimum Gasteiger partial charge on any atom is -0.384 e. The number of imidazole rings is 1. The normalized spacial score (nSPS) is 10.8. The number of anilines is 1. The molecule has 0 fully saturated rings. The van der Waals surface area contributed by atoms with Gasteiger partial charge < -0.3 is 15.0 Å². The molecule has 0 aliphatic rings. The molecule has 6 nitrogen and oxygen atoms in total. The fraction of sp³-hybridized carbons (Fsp3) is 0.462. The minimum absolute atomic E-state index is 0.386. The largest absolute Gasteiger partial charge is 0.384 e. The van der Waals surface area contributed by atoms with Crippen molar-refractivity contribution in [2.24, 2.45) is 0 Å². The molecule has 0 radical (unpaired) electrons. The highest BCUT2D eigenvalue weighted by molar-refractivity contribution is 5.31. The van der Waals surface area contributed by atoms with Crippen LogP contribution in [-0.2, 0) is 24.3 Å². The summed E-state index contributed by atoms with van der Waals surface area (Å²) >= 11 is 0. The second kappa shape index (κ2) is 6.29. The van der Waals surface area contributed by atoms with Gasteiger partial charge in [0.2, 0.25) is 0 Å². The Labute approximate surface area is 112 Å². The van der Waals surface area contributed by atoms with Crippen molar-refractivity contribution in [2.75, 3.05) is 12.3 Å². The van der Waals surface area contributed by atoms with Crippen molar-refractivity contribution in [1.82, 2.24) is 19.5 Å². The van der Waals surface area contributed by atoms with E-state index in [9.17, 15) is 0 Å². The number of rotatable bonds is 6. The molecule has 19 heavy (non-hydrogen) atoms. The third kappa shape index (κ3) is 3.51. The number of aryl methyl sites for hydroxylation is 1. The van der Waals surface area contributed by atoms with E-state index in [2.05, 4.69) is 26.4 Å². The Kier molecular flexibility index (Phi) is 4.46. The van der Waals surface area contributed by atoms with Gasteiger partial charge in [-0.2, -0.15) is 0 Å². The van der Waals surface area contributed by atoms with Gasteiger partial charge in [-0.15, -0.1) is 0 Å². The Hall–Kier alpha value is -1.95. The van der Waals surface area contributed by atoms with Crippen molar-refractivity contribution < 1.29 is 4.74 Å². The zero-order chi connectivity index (χ0) is 13.7. The van der Waals surface area contributed by atoms with Gasteiger partial charge in [-0.25, -0.2) is 15.0 Å². The lowest BCUT2D eigenvalue weighted by Gasteiger charge is -2.07. The Morgan fingerprint density at radius 2 is 2.16 bits per heavy atom. The quantitative estimate of drug-likeness (QED) is 0.850. The highest BCUT2D eigenvalue weighted by atomic mass is 16.5. The molecule has 0 saturated heterocycles. The van der Waals surface area contributed by atoms with E-state index in [1.807, 2.05) is 13.1 Å². The molecule has 2 aromatic heterocycles. The molecule has 2 heterocycles. The topological polar surface area (TPSA) is 78.9 Å². The first-order valence-electron chi connectivity index (χ1n) is 6.43. The molecule has 2 rings (SSSR count). The average molecular weight is 261 g/mol. The van der Waals surface area contributed by atoms with Gasteiger partial charge in [0, 0.05) is 38.0 Å². The van der Waals surface area contributed by atoms with E-state index < -0.39 is 0 Å². The van der Waals surface area contributed by atoms with Gasteiger partial charge in [0.25, 0.3) is 0 Å². The van der Waals surface area contributed by atoms with Crippen LogP contribution in [0.15, 0.2) is 18.5 Å². The second-order valence-electron chi connectivity index (χ2n) is 4.14. The van der Waals surface area contributed by atoms with Crippen LogP contribution in [0, 0.1) is 0 Å². The van der Waals surface area contributed by atoms with Gasteiger partial charge >= 0.3 is 0 Å². The maximum atomic E-state index is 5.80. The molecule has 6 heteroatoms. The summed E-state index contributed by atoms with van der Waals surface area (Å²) in [5.74, 6) is 2.06. The third-order valence-corrected chi connectivity index (χ3v) is 2.76. The monoisotopic (exact) mass is 261 g/mol. The van der Waals surface area contributed by atoms with Crippen molar-refractivity contribution in [3.05, 3.63) is 35.8 Å². The highest BCUT2D eigenvalue weighted by Gasteiger charge is 2.07. The lowest BCUT2D eigenvalue weighted by Crippen LogP contribution is -2.08. The number of aromatic nitrogens is 4. The van der Waals surface area contributed by atoms with Crippen LogP contribution in [0.5, 0.6) is 0 Å². The molecule has 0 spiro atoms. The van der Waals surface area contributed by atoms with E-state index in [-0.39, 0.29) is 0 Å². The predicted molar refractivity (Wildman–Crippen MR) is 72.5 cm³/mol. The number of ether oxygens (including phenoxy) is 1. The van der Waals surface area contributed by atoms with Crippen LogP contribution >= 0.6 is 0 Å². The first-order chi connectivity index (χ1) is 9.22. The lowest BCUT2D eigenvalue weighted by molar-refractivity contribution is 0.128. The minimum atomic E-state index is 0.386. The van der Waals surface area contributed by atoms with E-state index >= 15 is 0 Å². The second-order valence-corrected chi connectivity index (χ2v) is 4.14. The first-order valence-corrected chi connectivity index (χ1v) is 6.43. The molecule has 0 aromatic carbocycles. The van der Waals surface area contributed by atoms with E-state index in [0.29, 0.717) is 31.3 Å². The predicted octanol–water partition coefficient (Wildman–Crippen LogP) is 1.40. The lowest BCUT2D eigenvalue weighted by atomic mass is 10.2. The van der Waals surface area contributed by atoms with Crippen molar-refractivity contribution in [1.29, 1.82) is 0 Å². The SMILES string of the molecule is CCOCc1nc(N)cc(Cc2nccn2CC)n1. The Morgan fingerprint density at radius 1 is 1.32 bits per heavy atom. The molecular formula is C13H19N5O. The van der Waals surface area contributed by atoms with E-state index in [0.717, 1.165) is 18.1 Å². The Morgan fingerprint density at radius 3 is 2.89 bits per heavy atom. The van der Waals surface area contributed by atoms with Crippen LogP contribution in [-0.4, -0.2) is 26.1 Å². The summed E-state index contributed by atoms with van der Waals surface area (Å²) in [5, 5.41) is 0.